The van der Waals surface area contributed by atoms with Crippen molar-refractivity contribution in [1.82, 2.24) is 29.5 Å². The molecule has 2 fully saturated rings. The van der Waals surface area contributed by atoms with Gasteiger partial charge in [0.25, 0.3) is 5.91 Å². The summed E-state index contributed by atoms with van der Waals surface area (Å²) in [6, 6.07) is 15.6. The molecule has 2 aromatic carbocycles. The average Bonchev–Trinajstić information content (AvgIpc) is 3.38. The first-order valence-corrected chi connectivity index (χ1v) is 14.5. The zero-order valence-electron chi connectivity index (χ0n) is 24.6. The van der Waals surface area contributed by atoms with E-state index in [-0.39, 0.29) is 28.9 Å². The lowest BCUT2D eigenvalue weighted by atomic mass is 9.96. The number of aromatic nitrogens is 4. The number of hydrogen-bond donors (Lipinski definition) is 1. The number of morpholine rings is 1. The molecule has 11 nitrogen and oxygen atoms in total. The number of nitrogen functional groups attached to an aromatic ring is 1. The van der Waals surface area contributed by atoms with Crippen LogP contribution in [0.1, 0.15) is 20.3 Å². The molecule has 2 aromatic heterocycles. The average molecular weight is 597 g/mol. The number of carbonyl (C=O) groups is 1. The van der Waals surface area contributed by atoms with Gasteiger partial charge in [-0.3, -0.25) is 9.69 Å². The number of hydrogen-bond acceptors (Lipinski definition) is 9. The van der Waals surface area contributed by atoms with E-state index >= 15 is 4.39 Å². The van der Waals surface area contributed by atoms with E-state index in [1.807, 2.05) is 32.0 Å². The van der Waals surface area contributed by atoms with E-state index in [0.29, 0.717) is 61.0 Å². The summed E-state index contributed by atoms with van der Waals surface area (Å²) in [4.78, 5) is 25.9. The van der Waals surface area contributed by atoms with Crippen LogP contribution < -0.4 is 10.5 Å². The molecule has 2 N–H and O–H groups in total. The second-order valence-corrected chi connectivity index (χ2v) is 11.4. The van der Waals surface area contributed by atoms with Crippen LogP contribution in [-0.2, 0) is 16.1 Å². The molecule has 4 heterocycles. The molecule has 6 rings (SSSR count). The zero-order chi connectivity index (χ0) is 30.8. The Bertz CT molecular complexity index is 1760. The first kappa shape index (κ1) is 29.2. The van der Waals surface area contributed by atoms with E-state index in [0.717, 1.165) is 13.1 Å². The molecule has 4 aromatic rings. The van der Waals surface area contributed by atoms with Gasteiger partial charge in [0, 0.05) is 36.8 Å². The number of benzene rings is 2. The van der Waals surface area contributed by atoms with Gasteiger partial charge in [-0.1, -0.05) is 18.2 Å². The van der Waals surface area contributed by atoms with Gasteiger partial charge in [0.1, 0.15) is 46.8 Å². The van der Waals surface area contributed by atoms with Crippen molar-refractivity contribution in [1.29, 1.82) is 5.26 Å². The van der Waals surface area contributed by atoms with Crippen molar-refractivity contribution in [3.05, 3.63) is 72.3 Å². The second kappa shape index (κ2) is 12.0. The number of likely N-dealkylation sites (tertiary alicyclic amines) is 1. The van der Waals surface area contributed by atoms with Crippen LogP contribution in [-0.4, -0.2) is 79.9 Å². The lowest BCUT2D eigenvalue weighted by Crippen LogP contribution is -2.54. The van der Waals surface area contributed by atoms with Gasteiger partial charge in [0.05, 0.1) is 31.2 Å². The first-order valence-electron chi connectivity index (χ1n) is 14.5. The van der Waals surface area contributed by atoms with Crippen LogP contribution in [0.4, 0.5) is 10.2 Å². The fourth-order valence-corrected chi connectivity index (χ4v) is 5.70. The van der Waals surface area contributed by atoms with Gasteiger partial charge < -0.3 is 20.1 Å². The molecule has 226 valence electrons. The Hall–Kier alpha value is -4.86. The second-order valence-electron chi connectivity index (χ2n) is 11.4. The highest BCUT2D eigenvalue weighted by molar-refractivity contribution is 5.99. The summed E-state index contributed by atoms with van der Waals surface area (Å²) in [6.45, 7) is 7.49. The van der Waals surface area contributed by atoms with Crippen LogP contribution in [0, 0.1) is 17.1 Å². The van der Waals surface area contributed by atoms with Crippen LogP contribution in [0.3, 0.4) is 0 Å². The number of halogens is 1. The summed E-state index contributed by atoms with van der Waals surface area (Å²) in [7, 11) is 0. The van der Waals surface area contributed by atoms with Crippen LogP contribution in [0.15, 0.2) is 66.5 Å². The molecule has 0 saturated carbocycles. The van der Waals surface area contributed by atoms with Crippen molar-refractivity contribution in [2.75, 3.05) is 38.6 Å². The third-order valence-corrected chi connectivity index (χ3v) is 8.20. The highest BCUT2D eigenvalue weighted by Gasteiger charge is 2.37. The van der Waals surface area contributed by atoms with Crippen molar-refractivity contribution in [2.45, 2.75) is 38.4 Å². The topological polar surface area (TPSA) is 135 Å². The molecule has 2 saturated heterocycles. The number of para-hydroxylation sites is 1. The number of fused-ring (bicyclic) bond motifs is 1. The van der Waals surface area contributed by atoms with Crippen molar-refractivity contribution in [2.24, 2.45) is 0 Å². The molecule has 44 heavy (non-hydrogen) atoms. The minimum Gasteiger partial charge on any atom is -0.457 e. The highest BCUT2D eigenvalue weighted by Crippen LogP contribution is 2.35. The lowest BCUT2D eigenvalue weighted by molar-refractivity contribution is -0.134. The van der Waals surface area contributed by atoms with E-state index in [4.69, 9.17) is 20.3 Å². The summed E-state index contributed by atoms with van der Waals surface area (Å²) < 4.78 is 28.4. The Labute approximate surface area is 254 Å². The highest BCUT2D eigenvalue weighted by atomic mass is 19.1. The molecular formula is C32H33FN8O3. The van der Waals surface area contributed by atoms with Crippen LogP contribution in [0.25, 0.3) is 22.3 Å². The van der Waals surface area contributed by atoms with Gasteiger partial charge >= 0.3 is 0 Å². The van der Waals surface area contributed by atoms with Gasteiger partial charge in [0.15, 0.2) is 5.65 Å². The molecule has 0 bridgehead atoms. The third-order valence-electron chi connectivity index (χ3n) is 8.20. The van der Waals surface area contributed by atoms with Crippen molar-refractivity contribution in [3.8, 4) is 28.8 Å². The monoisotopic (exact) mass is 596 g/mol. The number of ether oxygens (including phenoxy) is 2. The number of nitrogens with two attached hydrogens (primary N) is 1. The van der Waals surface area contributed by atoms with Crippen LogP contribution in [0.2, 0.25) is 0 Å². The number of nitrogens with zero attached hydrogens (tertiary/aromatic N) is 7. The number of nitriles is 1. The fraction of sp³-hybridized carbons (Fsp3) is 0.344. The molecule has 1 atom stereocenters. The first-order chi connectivity index (χ1) is 21.2. The largest absolute Gasteiger partial charge is 0.457 e. The summed E-state index contributed by atoms with van der Waals surface area (Å²) >= 11 is 0. The normalized spacial score (nSPS) is 17.7. The maximum Gasteiger partial charge on any atom is 0.264 e. The smallest absolute Gasteiger partial charge is 0.264 e. The maximum atomic E-state index is 15.5. The molecule has 12 heteroatoms. The standard InChI is InChI=1S/C32H33FN8O3/c1-32(2,39-12-14-43-15-13-39)17-21(18-34)31(42)40-11-10-22(40)19-41-30-27(29(35)36-20-37-30)28(38-41)25-9-8-24(16-26(25)33)44-23-6-4-3-5-7-23/h3-9,16-17,20,22H,10-15,19H2,1-2H3,(H2,35,36,37)/b21-17-/t22-/m1/s1. The van der Waals surface area contributed by atoms with Gasteiger partial charge in [-0.15, -0.1) is 0 Å². The molecule has 1 amide bonds. The van der Waals surface area contributed by atoms with Gasteiger partial charge in [-0.25, -0.2) is 19.0 Å². The van der Waals surface area contributed by atoms with E-state index in [1.165, 1.54) is 12.4 Å². The molecule has 2 aliphatic heterocycles. The fourth-order valence-electron chi connectivity index (χ4n) is 5.70. The summed E-state index contributed by atoms with van der Waals surface area (Å²) in [5.74, 6) is 0.232. The number of amides is 1. The molecule has 0 aliphatic carbocycles. The Morgan fingerprint density at radius 2 is 1.93 bits per heavy atom. The zero-order valence-corrected chi connectivity index (χ0v) is 24.6. The molecule has 2 aliphatic rings. The van der Waals surface area contributed by atoms with Crippen molar-refractivity contribution >= 4 is 22.8 Å². The van der Waals surface area contributed by atoms with Crippen LogP contribution >= 0.6 is 0 Å². The Morgan fingerprint density at radius 3 is 2.61 bits per heavy atom. The lowest BCUT2D eigenvalue weighted by Gasteiger charge is -2.42. The molecular weight excluding hydrogens is 563 g/mol. The molecule has 0 spiro atoms. The van der Waals surface area contributed by atoms with Gasteiger partial charge in [0.2, 0.25) is 0 Å². The molecule has 0 radical (unpaired) electrons. The Kier molecular flexibility index (Phi) is 7.99. The van der Waals surface area contributed by atoms with E-state index in [2.05, 4.69) is 20.9 Å². The molecule has 0 unspecified atom stereocenters. The van der Waals surface area contributed by atoms with Crippen molar-refractivity contribution < 1.29 is 18.7 Å². The number of rotatable bonds is 8. The number of carbonyl (C=O) groups excluding carboxylic acids is 1. The van der Waals surface area contributed by atoms with Gasteiger partial charge in [-0.2, -0.15) is 10.4 Å². The minimum atomic E-state index is -0.541. The predicted octanol–water partition coefficient (Wildman–Crippen LogP) is 4.17. The third kappa shape index (κ3) is 5.71. The summed E-state index contributed by atoms with van der Waals surface area (Å²) in [5.41, 5.74) is 6.81. The maximum absolute atomic E-state index is 15.5. The quantitative estimate of drug-likeness (QED) is 0.235. The predicted molar refractivity (Wildman–Crippen MR) is 162 cm³/mol. The number of anilines is 1. The summed E-state index contributed by atoms with van der Waals surface area (Å²) in [5, 5.41) is 15.1. The Morgan fingerprint density at radius 1 is 1.16 bits per heavy atom. The van der Waals surface area contributed by atoms with E-state index in [1.54, 1.807) is 39.9 Å². The Balaban J connectivity index is 1.25. The van der Waals surface area contributed by atoms with Crippen LogP contribution in [0.5, 0.6) is 11.5 Å². The SMILES string of the molecule is CC(C)(/C=C(/C#N)C(=O)N1CC[C@@H]1Cn1nc(-c2ccc(Oc3ccccc3)cc2F)c2c(N)ncnc21)N1CCOCC1. The summed E-state index contributed by atoms with van der Waals surface area (Å²) in [6.07, 6.45) is 3.80. The van der Waals surface area contributed by atoms with E-state index in [9.17, 15) is 10.1 Å². The minimum absolute atomic E-state index is 0.101. The van der Waals surface area contributed by atoms with E-state index < -0.39 is 11.4 Å². The van der Waals surface area contributed by atoms with Gasteiger partial charge in [-0.05, 0) is 50.6 Å². The van der Waals surface area contributed by atoms with Crippen molar-refractivity contribution in [3.63, 3.8) is 0 Å².